The zero-order valence-corrected chi connectivity index (χ0v) is 10.8. The van der Waals surface area contributed by atoms with Gasteiger partial charge in [-0.25, -0.2) is 4.39 Å². The highest BCUT2D eigenvalue weighted by Gasteiger charge is 2.19. The molecule has 0 spiro atoms. The lowest BCUT2D eigenvalue weighted by Crippen LogP contribution is -2.35. The quantitative estimate of drug-likeness (QED) is 0.816. The molecule has 3 nitrogen and oxygen atoms in total. The van der Waals surface area contributed by atoms with Gasteiger partial charge in [-0.05, 0) is 38.3 Å². The molecule has 1 rings (SSSR count). The summed E-state index contributed by atoms with van der Waals surface area (Å²) in [4.78, 5) is 11.9. The van der Waals surface area contributed by atoms with Gasteiger partial charge in [-0.15, -0.1) is 0 Å². The lowest BCUT2D eigenvalue weighted by Gasteiger charge is -2.17. The van der Waals surface area contributed by atoms with Gasteiger partial charge in [-0.1, -0.05) is 18.2 Å². The summed E-state index contributed by atoms with van der Waals surface area (Å²) in [6.07, 6.45) is 1.36. The molecule has 0 radical (unpaired) electrons. The van der Waals surface area contributed by atoms with Crippen LogP contribution < -0.4 is 5.32 Å². The molecule has 1 aromatic carbocycles. The summed E-state index contributed by atoms with van der Waals surface area (Å²) in [5.74, 6) is -1.06. The number of carbonyl (C=O) groups excluding carboxylic acids is 1. The van der Waals surface area contributed by atoms with E-state index in [1.807, 2.05) is 6.92 Å². The van der Waals surface area contributed by atoms with Crippen molar-refractivity contribution in [3.8, 4) is 0 Å². The maximum Gasteiger partial charge on any atom is 0.227 e. The number of rotatable bonds is 6. The monoisotopic (exact) mass is 253 g/mol. The molecule has 0 fully saturated rings. The summed E-state index contributed by atoms with van der Waals surface area (Å²) in [5, 5.41) is 11.5. The van der Waals surface area contributed by atoms with E-state index in [9.17, 15) is 9.18 Å². The van der Waals surface area contributed by atoms with Crippen molar-refractivity contribution in [3.05, 3.63) is 35.6 Å². The second kappa shape index (κ2) is 7.11. The Kier molecular flexibility index (Phi) is 5.78. The zero-order chi connectivity index (χ0) is 13.5. The van der Waals surface area contributed by atoms with E-state index in [-0.39, 0.29) is 24.4 Å². The number of amides is 1. The van der Waals surface area contributed by atoms with Crippen molar-refractivity contribution in [1.82, 2.24) is 5.32 Å². The molecule has 1 amide bonds. The summed E-state index contributed by atoms with van der Waals surface area (Å²) < 4.78 is 13.5. The van der Waals surface area contributed by atoms with Gasteiger partial charge in [0.1, 0.15) is 5.82 Å². The van der Waals surface area contributed by atoms with Crippen molar-refractivity contribution in [2.45, 2.75) is 38.6 Å². The Morgan fingerprint density at radius 1 is 1.39 bits per heavy atom. The van der Waals surface area contributed by atoms with E-state index in [1.54, 1.807) is 25.1 Å². The van der Waals surface area contributed by atoms with Gasteiger partial charge in [0.15, 0.2) is 0 Å². The Morgan fingerprint density at radius 3 is 2.67 bits per heavy atom. The molecule has 0 aliphatic rings. The standard InChI is InChI=1S/C14H20FNO2/c1-10(6-5-9-17)16-14(18)11(2)12-7-3-4-8-13(12)15/h3-4,7-8,10-11,17H,5-6,9H2,1-2H3,(H,16,18). The Morgan fingerprint density at radius 2 is 2.06 bits per heavy atom. The molecule has 0 heterocycles. The molecule has 2 N–H and O–H groups in total. The predicted molar refractivity (Wildman–Crippen MR) is 68.7 cm³/mol. The molecule has 0 saturated carbocycles. The van der Waals surface area contributed by atoms with Gasteiger partial charge < -0.3 is 10.4 Å². The average molecular weight is 253 g/mol. The largest absolute Gasteiger partial charge is 0.396 e. The predicted octanol–water partition coefficient (Wildman–Crippen LogP) is 2.21. The summed E-state index contributed by atoms with van der Waals surface area (Å²) in [7, 11) is 0. The topological polar surface area (TPSA) is 49.3 Å². The lowest BCUT2D eigenvalue weighted by atomic mass is 9.99. The Hall–Kier alpha value is -1.42. The van der Waals surface area contributed by atoms with Crippen molar-refractivity contribution in [2.24, 2.45) is 0 Å². The van der Waals surface area contributed by atoms with Crippen LogP contribution in [0, 0.1) is 5.82 Å². The maximum atomic E-state index is 13.5. The second-order valence-electron chi connectivity index (χ2n) is 4.52. The van der Waals surface area contributed by atoms with Crippen LogP contribution in [0.25, 0.3) is 0 Å². The fourth-order valence-corrected chi connectivity index (χ4v) is 1.80. The number of carbonyl (C=O) groups is 1. The van der Waals surface area contributed by atoms with E-state index >= 15 is 0 Å². The Labute approximate surface area is 107 Å². The first-order chi connectivity index (χ1) is 8.56. The van der Waals surface area contributed by atoms with E-state index in [2.05, 4.69) is 5.32 Å². The van der Waals surface area contributed by atoms with Gasteiger partial charge in [0.25, 0.3) is 0 Å². The highest BCUT2D eigenvalue weighted by Crippen LogP contribution is 2.18. The first-order valence-electron chi connectivity index (χ1n) is 6.22. The minimum Gasteiger partial charge on any atom is -0.396 e. The number of aliphatic hydroxyl groups excluding tert-OH is 1. The maximum absolute atomic E-state index is 13.5. The molecule has 18 heavy (non-hydrogen) atoms. The number of benzene rings is 1. The first-order valence-corrected chi connectivity index (χ1v) is 6.22. The van der Waals surface area contributed by atoms with E-state index < -0.39 is 5.92 Å². The molecule has 2 unspecified atom stereocenters. The molecule has 0 bridgehead atoms. The molecule has 0 aliphatic heterocycles. The summed E-state index contributed by atoms with van der Waals surface area (Å²) in [5.41, 5.74) is 0.407. The molecular weight excluding hydrogens is 233 g/mol. The van der Waals surface area contributed by atoms with Crippen LogP contribution in [0.2, 0.25) is 0 Å². The van der Waals surface area contributed by atoms with Crippen LogP contribution in [-0.2, 0) is 4.79 Å². The fraction of sp³-hybridized carbons (Fsp3) is 0.500. The second-order valence-corrected chi connectivity index (χ2v) is 4.52. The average Bonchev–Trinajstić information content (AvgIpc) is 2.36. The summed E-state index contributed by atoms with van der Waals surface area (Å²) in [6.45, 7) is 3.68. The van der Waals surface area contributed by atoms with Crippen molar-refractivity contribution in [1.29, 1.82) is 0 Å². The molecular formula is C14H20FNO2. The van der Waals surface area contributed by atoms with Crippen LogP contribution in [-0.4, -0.2) is 23.7 Å². The van der Waals surface area contributed by atoms with Gasteiger partial charge >= 0.3 is 0 Å². The van der Waals surface area contributed by atoms with Crippen molar-refractivity contribution in [2.75, 3.05) is 6.61 Å². The van der Waals surface area contributed by atoms with Gasteiger partial charge in [-0.3, -0.25) is 4.79 Å². The molecule has 2 atom stereocenters. The van der Waals surface area contributed by atoms with Crippen molar-refractivity contribution >= 4 is 5.91 Å². The highest BCUT2D eigenvalue weighted by atomic mass is 19.1. The fourth-order valence-electron chi connectivity index (χ4n) is 1.80. The van der Waals surface area contributed by atoms with Gasteiger partial charge in [0.2, 0.25) is 5.91 Å². The first kappa shape index (κ1) is 14.6. The minimum atomic E-state index is -0.511. The number of hydrogen-bond donors (Lipinski definition) is 2. The lowest BCUT2D eigenvalue weighted by molar-refractivity contribution is -0.122. The number of hydrogen-bond acceptors (Lipinski definition) is 2. The summed E-state index contributed by atoms with van der Waals surface area (Å²) in [6, 6.07) is 6.29. The third-order valence-corrected chi connectivity index (χ3v) is 2.95. The van der Waals surface area contributed by atoms with Crippen LogP contribution in [0.3, 0.4) is 0 Å². The van der Waals surface area contributed by atoms with Crippen LogP contribution in [0.1, 0.15) is 38.2 Å². The molecule has 0 aromatic heterocycles. The molecule has 0 aliphatic carbocycles. The number of aliphatic hydroxyl groups is 1. The Balaban J connectivity index is 2.59. The van der Waals surface area contributed by atoms with E-state index in [0.717, 1.165) is 0 Å². The van der Waals surface area contributed by atoms with Gasteiger partial charge in [0.05, 0.1) is 5.92 Å². The van der Waals surface area contributed by atoms with Crippen molar-refractivity contribution < 1.29 is 14.3 Å². The molecule has 0 saturated heterocycles. The van der Waals surface area contributed by atoms with Gasteiger partial charge in [-0.2, -0.15) is 0 Å². The van der Waals surface area contributed by atoms with Crippen LogP contribution in [0.5, 0.6) is 0 Å². The molecule has 4 heteroatoms. The van der Waals surface area contributed by atoms with E-state index in [1.165, 1.54) is 6.07 Å². The number of halogens is 1. The normalized spacial score (nSPS) is 14.0. The SMILES string of the molecule is CC(CCCO)NC(=O)C(C)c1ccccc1F. The van der Waals surface area contributed by atoms with Crippen LogP contribution >= 0.6 is 0 Å². The molecule has 100 valence electrons. The van der Waals surface area contributed by atoms with E-state index in [0.29, 0.717) is 18.4 Å². The zero-order valence-electron chi connectivity index (χ0n) is 10.8. The third kappa shape index (κ3) is 4.11. The third-order valence-electron chi connectivity index (χ3n) is 2.95. The van der Waals surface area contributed by atoms with Crippen molar-refractivity contribution in [3.63, 3.8) is 0 Å². The van der Waals surface area contributed by atoms with E-state index in [4.69, 9.17) is 5.11 Å². The minimum absolute atomic E-state index is 0.0149. The van der Waals surface area contributed by atoms with Gasteiger partial charge in [0, 0.05) is 12.6 Å². The van der Waals surface area contributed by atoms with Crippen LogP contribution in [0.15, 0.2) is 24.3 Å². The number of nitrogens with one attached hydrogen (secondary N) is 1. The molecule has 1 aromatic rings. The highest BCUT2D eigenvalue weighted by molar-refractivity contribution is 5.83. The Bertz CT molecular complexity index is 395. The smallest absolute Gasteiger partial charge is 0.227 e. The summed E-state index contributed by atoms with van der Waals surface area (Å²) >= 11 is 0. The van der Waals surface area contributed by atoms with Crippen LogP contribution in [0.4, 0.5) is 4.39 Å².